The molecule has 204 valence electrons. The largest absolute Gasteiger partial charge is 0.338 e. The van der Waals surface area contributed by atoms with E-state index in [2.05, 4.69) is 13.8 Å². The van der Waals surface area contributed by atoms with Gasteiger partial charge in [-0.1, -0.05) is 173 Å². The third-order valence-electron chi connectivity index (χ3n) is 7.52. The SMILES string of the molecule is CCCCCCCCCCCCCCCC[P+](=O)CCCCCCCCCCCCCCCC. The number of rotatable bonds is 30. The van der Waals surface area contributed by atoms with E-state index in [-0.39, 0.29) is 0 Å². The van der Waals surface area contributed by atoms with Gasteiger partial charge in [0.2, 0.25) is 0 Å². The normalized spacial score (nSPS) is 11.4. The maximum absolute atomic E-state index is 12.2. The molecule has 0 radical (unpaired) electrons. The summed E-state index contributed by atoms with van der Waals surface area (Å²) in [6, 6.07) is 0. The molecule has 0 saturated carbocycles. The van der Waals surface area contributed by atoms with Crippen LogP contribution in [0.25, 0.3) is 0 Å². The molecule has 0 rings (SSSR count). The van der Waals surface area contributed by atoms with E-state index in [1.165, 1.54) is 180 Å². The van der Waals surface area contributed by atoms with Crippen molar-refractivity contribution in [2.45, 2.75) is 194 Å². The monoisotopic (exact) mass is 497 g/mol. The molecule has 0 aliphatic heterocycles. The topological polar surface area (TPSA) is 17.1 Å². The van der Waals surface area contributed by atoms with E-state index in [1.54, 1.807) is 0 Å². The highest BCUT2D eigenvalue weighted by molar-refractivity contribution is 7.44. The highest BCUT2D eigenvalue weighted by Crippen LogP contribution is 2.25. The molecule has 0 aliphatic carbocycles. The predicted octanol–water partition coefficient (Wildman–Crippen LogP) is 12.8. The zero-order valence-electron chi connectivity index (χ0n) is 24.1. The van der Waals surface area contributed by atoms with Crippen molar-refractivity contribution in [3.05, 3.63) is 0 Å². The second-order valence-corrected chi connectivity index (χ2v) is 13.0. The second kappa shape index (κ2) is 31.1. The van der Waals surface area contributed by atoms with E-state index >= 15 is 0 Å². The first-order valence-electron chi connectivity index (χ1n) is 16.2. The van der Waals surface area contributed by atoms with Gasteiger partial charge in [0.15, 0.2) is 0 Å². The Morgan fingerprint density at radius 2 is 0.471 bits per heavy atom. The van der Waals surface area contributed by atoms with Crippen LogP contribution in [-0.4, -0.2) is 12.3 Å². The predicted molar refractivity (Wildman–Crippen MR) is 158 cm³/mol. The Kier molecular flexibility index (Phi) is 31.2. The fraction of sp³-hybridized carbons (Fsp3) is 1.00. The zero-order chi connectivity index (χ0) is 24.8. The van der Waals surface area contributed by atoms with E-state index in [1.807, 2.05) is 0 Å². The van der Waals surface area contributed by atoms with Crippen LogP contribution < -0.4 is 0 Å². The van der Waals surface area contributed by atoms with Gasteiger partial charge in [-0.15, -0.1) is 0 Å². The van der Waals surface area contributed by atoms with Gasteiger partial charge in [0, 0.05) is 0 Å². The lowest BCUT2D eigenvalue weighted by molar-refractivity contribution is 0.536. The zero-order valence-corrected chi connectivity index (χ0v) is 25.0. The first-order valence-corrected chi connectivity index (χ1v) is 17.9. The third-order valence-corrected chi connectivity index (χ3v) is 9.15. The Morgan fingerprint density at radius 1 is 0.294 bits per heavy atom. The second-order valence-electron chi connectivity index (χ2n) is 11.1. The van der Waals surface area contributed by atoms with Crippen LogP contribution in [0.2, 0.25) is 0 Å². The van der Waals surface area contributed by atoms with E-state index in [0.717, 1.165) is 12.3 Å². The summed E-state index contributed by atoms with van der Waals surface area (Å²) in [4.78, 5) is 0. The van der Waals surface area contributed by atoms with Crippen molar-refractivity contribution in [2.75, 3.05) is 12.3 Å². The molecule has 1 nitrogen and oxygen atoms in total. The Labute approximate surface area is 218 Å². The van der Waals surface area contributed by atoms with Crippen LogP contribution in [-0.2, 0) is 4.57 Å². The molecule has 0 bridgehead atoms. The lowest BCUT2D eigenvalue weighted by Gasteiger charge is -2.02. The number of hydrogen-bond acceptors (Lipinski definition) is 1. The van der Waals surface area contributed by atoms with Crippen molar-refractivity contribution >= 4 is 7.80 Å². The smallest absolute Gasteiger partial charge is 0.0748 e. The molecule has 0 aliphatic rings. The summed E-state index contributed by atoms with van der Waals surface area (Å²) in [6.07, 6.45) is 41.2. The maximum Gasteiger partial charge on any atom is 0.338 e. The Morgan fingerprint density at radius 3 is 0.676 bits per heavy atom. The van der Waals surface area contributed by atoms with E-state index in [4.69, 9.17) is 0 Å². The summed E-state index contributed by atoms with van der Waals surface area (Å²) < 4.78 is 12.2. The van der Waals surface area contributed by atoms with Crippen LogP contribution >= 0.6 is 7.80 Å². The van der Waals surface area contributed by atoms with Crippen molar-refractivity contribution in [1.29, 1.82) is 0 Å². The summed E-state index contributed by atoms with van der Waals surface area (Å²) in [6.45, 7) is 4.59. The van der Waals surface area contributed by atoms with Crippen LogP contribution in [0.15, 0.2) is 0 Å². The van der Waals surface area contributed by atoms with Crippen molar-refractivity contribution < 1.29 is 4.57 Å². The van der Waals surface area contributed by atoms with Gasteiger partial charge in [-0.2, -0.15) is 0 Å². The molecule has 0 fully saturated rings. The van der Waals surface area contributed by atoms with Crippen LogP contribution in [0, 0.1) is 0 Å². The van der Waals surface area contributed by atoms with Gasteiger partial charge in [0.25, 0.3) is 0 Å². The van der Waals surface area contributed by atoms with Gasteiger partial charge in [0.1, 0.15) is 12.3 Å². The number of unbranched alkanes of at least 4 members (excludes halogenated alkanes) is 26. The number of hydrogen-bond donors (Lipinski definition) is 0. The van der Waals surface area contributed by atoms with Crippen LogP contribution in [0.5, 0.6) is 0 Å². The molecule has 0 saturated heterocycles. The van der Waals surface area contributed by atoms with E-state index in [0.29, 0.717) is 0 Å². The average Bonchev–Trinajstić information content (AvgIpc) is 2.84. The Hall–Kier alpha value is 0.100. The molecule has 0 aromatic rings. The first kappa shape index (κ1) is 34.1. The highest BCUT2D eigenvalue weighted by Gasteiger charge is 2.13. The van der Waals surface area contributed by atoms with Gasteiger partial charge in [-0.3, -0.25) is 0 Å². The summed E-state index contributed by atoms with van der Waals surface area (Å²) in [7, 11) is -0.912. The maximum atomic E-state index is 12.2. The molecule has 0 aromatic heterocycles. The third kappa shape index (κ3) is 30.1. The van der Waals surface area contributed by atoms with Gasteiger partial charge in [0.05, 0.1) is 0 Å². The molecule has 0 aromatic carbocycles. The summed E-state index contributed by atoms with van der Waals surface area (Å²) in [5.41, 5.74) is 0. The van der Waals surface area contributed by atoms with E-state index < -0.39 is 7.80 Å². The summed E-state index contributed by atoms with van der Waals surface area (Å²) in [5, 5.41) is 0. The molecular weight excluding hydrogens is 431 g/mol. The van der Waals surface area contributed by atoms with Gasteiger partial charge >= 0.3 is 7.80 Å². The summed E-state index contributed by atoms with van der Waals surface area (Å²) >= 11 is 0. The highest BCUT2D eigenvalue weighted by atomic mass is 31.1. The van der Waals surface area contributed by atoms with Gasteiger partial charge < -0.3 is 0 Å². The standard InChI is InChI=1S/C32H66OP/c1-3-5-7-9-11-13-15-17-19-21-23-25-27-29-31-34(33)32-30-28-26-24-22-20-18-16-14-12-10-8-6-4-2/h3-32H2,1-2H3/q+1. The molecule has 0 spiro atoms. The van der Waals surface area contributed by atoms with Gasteiger partial charge in [-0.25, -0.2) is 0 Å². The minimum absolute atomic E-state index is 0.912. The first-order chi connectivity index (χ1) is 16.8. The molecule has 2 heteroatoms. The Bertz CT molecular complexity index is 347. The van der Waals surface area contributed by atoms with Crippen molar-refractivity contribution in [2.24, 2.45) is 0 Å². The molecule has 34 heavy (non-hydrogen) atoms. The Balaban J connectivity index is 3.14. The van der Waals surface area contributed by atoms with Crippen molar-refractivity contribution in [3.8, 4) is 0 Å². The summed E-state index contributed by atoms with van der Waals surface area (Å²) in [5.74, 6) is 0. The molecule has 0 unspecified atom stereocenters. The average molecular weight is 498 g/mol. The fourth-order valence-corrected chi connectivity index (χ4v) is 6.45. The molecule has 0 N–H and O–H groups in total. The minimum atomic E-state index is -0.912. The van der Waals surface area contributed by atoms with Crippen LogP contribution in [0.4, 0.5) is 0 Å². The lowest BCUT2D eigenvalue weighted by Crippen LogP contribution is -1.88. The molecule has 0 amide bonds. The molecular formula is C32H66OP+. The van der Waals surface area contributed by atoms with E-state index in [9.17, 15) is 4.57 Å². The molecule has 0 heterocycles. The van der Waals surface area contributed by atoms with Crippen LogP contribution in [0.3, 0.4) is 0 Å². The fourth-order valence-electron chi connectivity index (χ4n) is 5.08. The van der Waals surface area contributed by atoms with Crippen molar-refractivity contribution in [1.82, 2.24) is 0 Å². The van der Waals surface area contributed by atoms with Crippen molar-refractivity contribution in [3.63, 3.8) is 0 Å². The lowest BCUT2D eigenvalue weighted by atomic mass is 10.0. The molecule has 0 atom stereocenters. The quantitative estimate of drug-likeness (QED) is 0.0712. The minimum Gasteiger partial charge on any atom is -0.0748 e. The van der Waals surface area contributed by atoms with Gasteiger partial charge in [-0.05, 0) is 25.7 Å². The van der Waals surface area contributed by atoms with Crippen LogP contribution in [0.1, 0.15) is 194 Å².